The zero-order chi connectivity index (χ0) is 22.6. The third-order valence-electron chi connectivity index (χ3n) is 5.54. The minimum atomic E-state index is -4.53. The van der Waals surface area contributed by atoms with Crippen LogP contribution in [0.15, 0.2) is 42.7 Å². The highest BCUT2D eigenvalue weighted by molar-refractivity contribution is 6.07. The van der Waals surface area contributed by atoms with E-state index in [2.05, 4.69) is 20.1 Å². The van der Waals surface area contributed by atoms with E-state index in [0.29, 0.717) is 29.1 Å². The molecular formula is C22H17F3N6O. The zero-order valence-corrected chi connectivity index (χ0v) is 17.2. The average molecular weight is 438 g/mol. The summed E-state index contributed by atoms with van der Waals surface area (Å²) in [4.78, 5) is 26.9. The van der Waals surface area contributed by atoms with Gasteiger partial charge in [-0.2, -0.15) is 18.3 Å². The summed E-state index contributed by atoms with van der Waals surface area (Å²) in [6.07, 6.45) is -0.795. The lowest BCUT2D eigenvalue weighted by Crippen LogP contribution is -2.39. The monoisotopic (exact) mass is 438 g/mol. The molecule has 0 spiro atoms. The minimum Gasteiger partial charge on any atom is -0.306 e. The fourth-order valence-electron chi connectivity index (χ4n) is 3.95. The van der Waals surface area contributed by atoms with Gasteiger partial charge < -0.3 is 4.90 Å². The highest BCUT2D eigenvalue weighted by Gasteiger charge is 2.33. The van der Waals surface area contributed by atoms with Crippen molar-refractivity contribution >= 4 is 22.6 Å². The number of anilines is 1. The molecule has 10 heteroatoms. The first-order valence-electron chi connectivity index (χ1n) is 9.87. The third-order valence-corrected chi connectivity index (χ3v) is 5.54. The molecular weight excluding hydrogens is 421 g/mol. The van der Waals surface area contributed by atoms with Gasteiger partial charge in [-0.1, -0.05) is 0 Å². The Bertz CT molecular complexity index is 1380. The van der Waals surface area contributed by atoms with Gasteiger partial charge in [-0.05, 0) is 49.2 Å². The molecule has 0 bridgehead atoms. The van der Waals surface area contributed by atoms with Gasteiger partial charge in [0.1, 0.15) is 16.9 Å². The van der Waals surface area contributed by atoms with Crippen molar-refractivity contribution < 1.29 is 18.0 Å². The van der Waals surface area contributed by atoms with E-state index < -0.39 is 11.9 Å². The van der Waals surface area contributed by atoms with Crippen LogP contribution < -0.4 is 4.90 Å². The highest BCUT2D eigenvalue weighted by atomic mass is 19.4. The van der Waals surface area contributed by atoms with Crippen LogP contribution in [0.25, 0.3) is 22.4 Å². The lowest BCUT2D eigenvalue weighted by Gasteiger charge is -2.28. The van der Waals surface area contributed by atoms with Crippen LogP contribution in [0.3, 0.4) is 0 Å². The number of aryl methyl sites for hydroxylation is 2. The number of carbonyl (C=O) groups is 1. The molecule has 32 heavy (non-hydrogen) atoms. The van der Waals surface area contributed by atoms with Crippen molar-refractivity contribution in [3.05, 3.63) is 65.2 Å². The molecule has 0 atom stereocenters. The number of nitrogens with zero attached hydrogens (tertiary/aromatic N) is 6. The summed E-state index contributed by atoms with van der Waals surface area (Å²) in [5.74, 6) is 0.267. The number of benzene rings is 1. The molecule has 0 aliphatic carbocycles. The molecule has 1 aromatic carbocycles. The Balaban J connectivity index is 1.47. The first kappa shape index (κ1) is 20.1. The van der Waals surface area contributed by atoms with E-state index in [1.807, 2.05) is 19.1 Å². The van der Waals surface area contributed by atoms with Crippen molar-refractivity contribution in [3.63, 3.8) is 0 Å². The summed E-state index contributed by atoms with van der Waals surface area (Å²) in [5.41, 5.74) is 3.27. The van der Waals surface area contributed by atoms with Crippen molar-refractivity contribution in [3.8, 4) is 11.4 Å². The number of hydrogen-bond acceptors (Lipinski definition) is 5. The summed E-state index contributed by atoms with van der Waals surface area (Å²) in [7, 11) is 1.75. The van der Waals surface area contributed by atoms with Gasteiger partial charge in [-0.25, -0.2) is 15.0 Å². The first-order valence-corrected chi connectivity index (χ1v) is 9.87. The van der Waals surface area contributed by atoms with Crippen LogP contribution in [0.1, 0.15) is 27.3 Å². The number of hydrogen-bond donors (Lipinski definition) is 0. The third kappa shape index (κ3) is 3.28. The van der Waals surface area contributed by atoms with Gasteiger partial charge in [0.05, 0.1) is 17.9 Å². The van der Waals surface area contributed by atoms with Crippen molar-refractivity contribution in [2.24, 2.45) is 7.05 Å². The van der Waals surface area contributed by atoms with Crippen LogP contribution in [0.4, 0.5) is 18.9 Å². The fraction of sp³-hybridized carbons (Fsp3) is 0.227. The molecule has 0 saturated carbocycles. The summed E-state index contributed by atoms with van der Waals surface area (Å²) < 4.78 is 40.2. The SMILES string of the molecule is Cc1cc(-c2ncc3nc(C(F)(F)F)ccc3n2)ccc1N1CCc2cnn(C)c2C1=O. The van der Waals surface area contributed by atoms with Gasteiger partial charge >= 0.3 is 6.18 Å². The molecule has 1 aliphatic rings. The molecule has 4 aromatic rings. The number of aromatic nitrogens is 5. The quantitative estimate of drug-likeness (QED) is 0.474. The maximum atomic E-state index is 13.0. The first-order chi connectivity index (χ1) is 15.2. The molecule has 0 radical (unpaired) electrons. The van der Waals surface area contributed by atoms with Gasteiger partial charge in [0.2, 0.25) is 0 Å². The van der Waals surface area contributed by atoms with Crippen LogP contribution in [-0.2, 0) is 19.6 Å². The molecule has 1 aliphatic heterocycles. The van der Waals surface area contributed by atoms with Crippen molar-refractivity contribution in [1.29, 1.82) is 0 Å². The Morgan fingerprint density at radius 2 is 1.84 bits per heavy atom. The Kier molecular flexibility index (Phi) is 4.47. The van der Waals surface area contributed by atoms with Crippen molar-refractivity contribution in [2.45, 2.75) is 19.5 Å². The Labute approximate surface area is 180 Å². The summed E-state index contributed by atoms with van der Waals surface area (Å²) in [5, 5.41) is 4.18. The van der Waals surface area contributed by atoms with Gasteiger partial charge in [-0.15, -0.1) is 0 Å². The van der Waals surface area contributed by atoms with Crippen molar-refractivity contribution in [1.82, 2.24) is 24.7 Å². The summed E-state index contributed by atoms with van der Waals surface area (Å²) in [6.45, 7) is 2.44. The van der Waals surface area contributed by atoms with E-state index in [1.165, 1.54) is 12.3 Å². The standard InChI is InChI=1S/C22H17F3N6O/c1-12-9-13(20-26-11-16-15(29-20)4-6-18(28-16)22(23,24)25)3-5-17(12)31-8-7-14-10-27-30(2)19(14)21(31)32/h3-6,9-11H,7-8H2,1-2H3. The van der Waals surface area contributed by atoms with Crippen LogP contribution in [-0.4, -0.2) is 37.2 Å². The maximum Gasteiger partial charge on any atom is 0.433 e. The number of pyridine rings is 1. The second-order valence-corrected chi connectivity index (χ2v) is 7.64. The number of amides is 1. The van der Waals surface area contributed by atoms with E-state index in [9.17, 15) is 18.0 Å². The van der Waals surface area contributed by atoms with Crippen molar-refractivity contribution in [2.75, 3.05) is 11.4 Å². The average Bonchev–Trinajstić information content (AvgIpc) is 3.14. The minimum absolute atomic E-state index is 0.0720. The molecule has 7 nitrogen and oxygen atoms in total. The molecule has 0 N–H and O–H groups in total. The zero-order valence-electron chi connectivity index (χ0n) is 17.2. The van der Waals surface area contributed by atoms with Crippen LogP contribution in [0.2, 0.25) is 0 Å². The lowest BCUT2D eigenvalue weighted by atomic mass is 10.0. The number of rotatable bonds is 2. The molecule has 0 fully saturated rings. The van der Waals surface area contributed by atoms with E-state index in [-0.39, 0.29) is 11.4 Å². The molecule has 5 rings (SSSR count). The van der Waals surface area contributed by atoms with E-state index in [0.717, 1.165) is 29.3 Å². The summed E-state index contributed by atoms with van der Waals surface area (Å²) in [6, 6.07) is 7.69. The highest BCUT2D eigenvalue weighted by Crippen LogP contribution is 2.31. The normalized spacial score (nSPS) is 14.2. The number of carbonyl (C=O) groups excluding carboxylic acids is 1. The number of alkyl halides is 3. The molecule has 4 heterocycles. The van der Waals surface area contributed by atoms with E-state index in [4.69, 9.17) is 0 Å². The Morgan fingerprint density at radius 1 is 1.03 bits per heavy atom. The van der Waals surface area contributed by atoms with Gasteiger partial charge in [0.15, 0.2) is 5.82 Å². The van der Waals surface area contributed by atoms with E-state index in [1.54, 1.807) is 28.9 Å². The molecule has 0 unspecified atom stereocenters. The predicted octanol–water partition coefficient (Wildman–Crippen LogP) is 3.96. The maximum absolute atomic E-state index is 13.0. The smallest absolute Gasteiger partial charge is 0.306 e. The topological polar surface area (TPSA) is 76.8 Å². The Hall–Kier alpha value is -3.82. The lowest BCUT2D eigenvalue weighted by molar-refractivity contribution is -0.140. The van der Waals surface area contributed by atoms with Crippen LogP contribution >= 0.6 is 0 Å². The van der Waals surface area contributed by atoms with E-state index >= 15 is 0 Å². The Morgan fingerprint density at radius 3 is 2.59 bits per heavy atom. The second-order valence-electron chi connectivity index (χ2n) is 7.64. The largest absolute Gasteiger partial charge is 0.433 e. The summed E-state index contributed by atoms with van der Waals surface area (Å²) >= 11 is 0. The van der Waals surface area contributed by atoms with Gasteiger partial charge in [0.25, 0.3) is 5.91 Å². The van der Waals surface area contributed by atoms with Crippen LogP contribution in [0.5, 0.6) is 0 Å². The predicted molar refractivity (Wildman–Crippen MR) is 111 cm³/mol. The molecule has 162 valence electrons. The van der Waals surface area contributed by atoms with Crippen LogP contribution in [0, 0.1) is 6.92 Å². The second kappa shape index (κ2) is 7.11. The van der Waals surface area contributed by atoms with Gasteiger partial charge in [-0.3, -0.25) is 9.48 Å². The molecule has 1 amide bonds. The molecule has 0 saturated heterocycles. The number of halogens is 3. The van der Waals surface area contributed by atoms with Gasteiger partial charge in [0, 0.05) is 30.4 Å². The number of fused-ring (bicyclic) bond motifs is 2. The fourth-order valence-corrected chi connectivity index (χ4v) is 3.95. The molecule has 3 aromatic heterocycles.